The van der Waals surface area contributed by atoms with E-state index in [1.807, 2.05) is 17.2 Å². The van der Waals surface area contributed by atoms with Crippen molar-refractivity contribution >= 4 is 5.91 Å². The normalized spacial score (nSPS) is 23.1. The fourth-order valence-corrected chi connectivity index (χ4v) is 4.21. The summed E-state index contributed by atoms with van der Waals surface area (Å²) < 4.78 is 0. The molecule has 3 rings (SSSR count). The van der Waals surface area contributed by atoms with E-state index in [9.17, 15) is 4.79 Å². The number of aromatic nitrogens is 1. The van der Waals surface area contributed by atoms with Crippen LogP contribution in [0.1, 0.15) is 74.0 Å². The molecule has 1 aromatic heterocycles. The molecule has 2 fully saturated rings. The van der Waals surface area contributed by atoms with Gasteiger partial charge in [-0.25, -0.2) is 0 Å². The molecule has 1 aliphatic carbocycles. The van der Waals surface area contributed by atoms with Crippen molar-refractivity contribution in [2.24, 2.45) is 0 Å². The van der Waals surface area contributed by atoms with Crippen molar-refractivity contribution in [1.82, 2.24) is 14.8 Å². The summed E-state index contributed by atoms with van der Waals surface area (Å²) in [4.78, 5) is 21.8. The van der Waals surface area contributed by atoms with Gasteiger partial charge in [-0.05, 0) is 63.9 Å². The standard InChI is InChI=1S/C19H29N3O/c1-3-22(16-8-5-4-6-9-16)19(23)17-14-15(11-12-20-17)18-10-7-13-21(18)2/h11-12,14,16,18H,3-10,13H2,1-2H3/t18-/m0/s1. The second kappa shape index (κ2) is 7.43. The number of hydrogen-bond acceptors (Lipinski definition) is 3. The third-order valence-electron chi connectivity index (χ3n) is 5.53. The zero-order valence-electron chi connectivity index (χ0n) is 14.5. The zero-order chi connectivity index (χ0) is 16.2. The number of rotatable bonds is 4. The van der Waals surface area contributed by atoms with Gasteiger partial charge in [-0.1, -0.05) is 19.3 Å². The number of pyridine rings is 1. The van der Waals surface area contributed by atoms with E-state index in [1.54, 1.807) is 0 Å². The van der Waals surface area contributed by atoms with E-state index in [2.05, 4.69) is 29.9 Å². The summed E-state index contributed by atoms with van der Waals surface area (Å²) in [6.07, 6.45) is 10.3. The van der Waals surface area contributed by atoms with Gasteiger partial charge in [-0.2, -0.15) is 0 Å². The number of hydrogen-bond donors (Lipinski definition) is 0. The smallest absolute Gasteiger partial charge is 0.272 e. The van der Waals surface area contributed by atoms with E-state index in [1.165, 1.54) is 37.7 Å². The summed E-state index contributed by atoms with van der Waals surface area (Å²) in [6, 6.07) is 4.94. The average molecular weight is 315 g/mol. The second-order valence-corrected chi connectivity index (χ2v) is 7.00. The van der Waals surface area contributed by atoms with Gasteiger partial charge < -0.3 is 4.90 Å². The first kappa shape index (κ1) is 16.4. The van der Waals surface area contributed by atoms with E-state index in [4.69, 9.17) is 0 Å². The predicted molar refractivity (Wildman–Crippen MR) is 92.4 cm³/mol. The lowest BCUT2D eigenvalue weighted by Crippen LogP contribution is -2.41. The fraction of sp³-hybridized carbons (Fsp3) is 0.684. The fourth-order valence-electron chi connectivity index (χ4n) is 4.21. The van der Waals surface area contributed by atoms with Crippen LogP contribution in [0.3, 0.4) is 0 Å². The molecule has 1 saturated carbocycles. The van der Waals surface area contributed by atoms with Gasteiger partial charge in [0.15, 0.2) is 0 Å². The van der Waals surface area contributed by atoms with Crippen LogP contribution < -0.4 is 0 Å². The van der Waals surface area contributed by atoms with Crippen LogP contribution in [0.5, 0.6) is 0 Å². The van der Waals surface area contributed by atoms with Gasteiger partial charge in [0.2, 0.25) is 0 Å². The molecule has 4 nitrogen and oxygen atoms in total. The van der Waals surface area contributed by atoms with Crippen molar-refractivity contribution < 1.29 is 4.79 Å². The molecule has 0 aromatic carbocycles. The molecule has 4 heteroatoms. The first-order chi connectivity index (χ1) is 11.2. The van der Waals surface area contributed by atoms with Crippen LogP contribution >= 0.6 is 0 Å². The Balaban J connectivity index is 1.78. The molecular formula is C19H29N3O. The van der Waals surface area contributed by atoms with Gasteiger partial charge in [0.05, 0.1) is 0 Å². The predicted octanol–water partition coefficient (Wildman–Crippen LogP) is 3.64. The first-order valence-corrected chi connectivity index (χ1v) is 9.18. The summed E-state index contributed by atoms with van der Waals surface area (Å²) >= 11 is 0. The van der Waals surface area contributed by atoms with Crippen molar-refractivity contribution in [2.45, 2.75) is 64.0 Å². The zero-order valence-corrected chi connectivity index (χ0v) is 14.5. The summed E-state index contributed by atoms with van der Waals surface area (Å²) in [5, 5.41) is 0. The highest BCUT2D eigenvalue weighted by Crippen LogP contribution is 2.30. The maximum Gasteiger partial charge on any atom is 0.272 e. The van der Waals surface area contributed by atoms with Gasteiger partial charge in [0.25, 0.3) is 5.91 Å². The number of amides is 1. The van der Waals surface area contributed by atoms with Crippen molar-refractivity contribution in [3.8, 4) is 0 Å². The largest absolute Gasteiger partial charge is 0.335 e. The highest BCUT2D eigenvalue weighted by molar-refractivity contribution is 5.92. The molecule has 23 heavy (non-hydrogen) atoms. The topological polar surface area (TPSA) is 36.4 Å². The molecule has 0 spiro atoms. The van der Waals surface area contributed by atoms with Gasteiger partial charge in [-0.3, -0.25) is 14.7 Å². The Hall–Kier alpha value is -1.42. The number of carbonyl (C=O) groups is 1. The lowest BCUT2D eigenvalue weighted by atomic mass is 9.94. The maximum absolute atomic E-state index is 13.0. The van der Waals surface area contributed by atoms with E-state index in [-0.39, 0.29) is 5.91 Å². The van der Waals surface area contributed by atoms with E-state index in [0.29, 0.717) is 17.8 Å². The van der Waals surface area contributed by atoms with Gasteiger partial charge in [-0.15, -0.1) is 0 Å². The Labute approximate surface area is 139 Å². The summed E-state index contributed by atoms with van der Waals surface area (Å²) in [7, 11) is 2.17. The van der Waals surface area contributed by atoms with Gasteiger partial charge >= 0.3 is 0 Å². The Morgan fingerprint density at radius 1 is 1.26 bits per heavy atom. The minimum Gasteiger partial charge on any atom is -0.335 e. The van der Waals surface area contributed by atoms with E-state index >= 15 is 0 Å². The van der Waals surface area contributed by atoms with Crippen LogP contribution in [0.4, 0.5) is 0 Å². The molecule has 2 aliphatic rings. The molecule has 2 heterocycles. The molecule has 0 bridgehead atoms. The van der Waals surface area contributed by atoms with E-state index < -0.39 is 0 Å². The van der Waals surface area contributed by atoms with Crippen molar-refractivity contribution in [3.63, 3.8) is 0 Å². The quantitative estimate of drug-likeness (QED) is 0.851. The third kappa shape index (κ3) is 3.57. The van der Waals surface area contributed by atoms with Crippen LogP contribution in [0.25, 0.3) is 0 Å². The van der Waals surface area contributed by atoms with Gasteiger partial charge in [0.1, 0.15) is 5.69 Å². The molecule has 1 saturated heterocycles. The van der Waals surface area contributed by atoms with Crippen LogP contribution in [0.15, 0.2) is 18.3 Å². The van der Waals surface area contributed by atoms with Crippen LogP contribution in [-0.2, 0) is 0 Å². The van der Waals surface area contributed by atoms with Gasteiger partial charge in [0, 0.05) is 24.8 Å². The molecule has 1 amide bonds. The van der Waals surface area contributed by atoms with Crippen molar-refractivity contribution in [2.75, 3.05) is 20.1 Å². The molecular weight excluding hydrogens is 286 g/mol. The minimum atomic E-state index is 0.113. The van der Waals surface area contributed by atoms with Crippen molar-refractivity contribution in [3.05, 3.63) is 29.6 Å². The van der Waals surface area contributed by atoms with E-state index in [0.717, 1.165) is 25.9 Å². The highest BCUT2D eigenvalue weighted by Gasteiger charge is 2.27. The molecule has 1 aliphatic heterocycles. The second-order valence-electron chi connectivity index (χ2n) is 7.00. The van der Waals surface area contributed by atoms with Crippen LogP contribution in [0.2, 0.25) is 0 Å². The van der Waals surface area contributed by atoms with Crippen LogP contribution in [-0.4, -0.2) is 46.9 Å². The lowest BCUT2D eigenvalue weighted by Gasteiger charge is -2.33. The molecule has 0 radical (unpaired) electrons. The summed E-state index contributed by atoms with van der Waals surface area (Å²) in [5.74, 6) is 0.113. The Morgan fingerprint density at radius 2 is 2.04 bits per heavy atom. The minimum absolute atomic E-state index is 0.113. The third-order valence-corrected chi connectivity index (χ3v) is 5.53. The molecule has 0 unspecified atom stereocenters. The lowest BCUT2D eigenvalue weighted by molar-refractivity contribution is 0.0641. The Morgan fingerprint density at radius 3 is 2.70 bits per heavy atom. The SMILES string of the molecule is CCN(C(=O)c1cc([C@@H]2CCCN2C)ccn1)C1CCCCC1. The number of nitrogens with zero attached hydrogens (tertiary/aromatic N) is 3. The Kier molecular flexibility index (Phi) is 5.31. The summed E-state index contributed by atoms with van der Waals surface area (Å²) in [6.45, 7) is 4.00. The Bertz CT molecular complexity index is 539. The van der Waals surface area contributed by atoms with Crippen LogP contribution in [0, 0.1) is 0 Å². The van der Waals surface area contributed by atoms with Crippen molar-refractivity contribution in [1.29, 1.82) is 0 Å². The average Bonchev–Trinajstić information content (AvgIpc) is 3.02. The molecule has 0 N–H and O–H groups in total. The number of likely N-dealkylation sites (tertiary alicyclic amines) is 1. The maximum atomic E-state index is 13.0. The monoisotopic (exact) mass is 315 g/mol. The number of carbonyl (C=O) groups excluding carboxylic acids is 1. The summed E-state index contributed by atoms with van der Waals surface area (Å²) in [5.41, 5.74) is 1.86. The molecule has 1 aromatic rings. The molecule has 126 valence electrons. The molecule has 1 atom stereocenters. The first-order valence-electron chi connectivity index (χ1n) is 9.18. The highest BCUT2D eigenvalue weighted by atomic mass is 16.2.